The molecule has 0 rings (SSSR count). The van der Waals surface area contributed by atoms with E-state index in [9.17, 15) is 0 Å². The van der Waals surface area contributed by atoms with E-state index in [1.165, 1.54) is 0 Å². The van der Waals surface area contributed by atoms with E-state index < -0.39 is 14.1 Å². The molecule has 0 N–H and O–H groups in total. The van der Waals surface area contributed by atoms with Crippen LogP contribution < -0.4 is 24.8 Å². The van der Waals surface area contributed by atoms with Crippen LogP contribution >= 0.6 is 0 Å². The molecule has 0 amide bonds. The maximum atomic E-state index is 2.41. The van der Waals surface area contributed by atoms with Gasteiger partial charge in [0.1, 0.15) is 0 Å². The molecule has 0 aromatic heterocycles. The zero-order valence-corrected chi connectivity index (χ0v) is 14.5. The van der Waals surface area contributed by atoms with Crippen molar-refractivity contribution in [2.45, 2.75) is 75.1 Å². The van der Waals surface area contributed by atoms with Gasteiger partial charge in [-0.05, 0) is 0 Å². The summed E-state index contributed by atoms with van der Waals surface area (Å²) in [6.45, 7) is 21.7. The van der Waals surface area contributed by atoms with Crippen molar-refractivity contribution in [1.82, 2.24) is 0 Å². The second-order valence-corrected chi connectivity index (χ2v) is 13.3. The van der Waals surface area contributed by atoms with Crippen molar-refractivity contribution in [1.29, 1.82) is 0 Å². The van der Waals surface area contributed by atoms with Gasteiger partial charge >= 0.3 is 89.3 Å². The van der Waals surface area contributed by atoms with Crippen molar-refractivity contribution in [3.8, 4) is 0 Å². The van der Waals surface area contributed by atoms with E-state index in [0.29, 0.717) is 12.8 Å². The van der Waals surface area contributed by atoms with E-state index in [-0.39, 0.29) is 24.8 Å². The van der Waals surface area contributed by atoms with Crippen LogP contribution in [0.1, 0.15) is 62.3 Å². The minimum atomic E-state index is -0.646. The molecule has 0 aromatic rings. The van der Waals surface area contributed by atoms with Crippen molar-refractivity contribution in [2.75, 3.05) is 0 Å². The molecule has 0 spiro atoms. The summed E-state index contributed by atoms with van der Waals surface area (Å²) < 4.78 is 1.53. The molecule has 0 unspecified atom stereocenters. The summed E-state index contributed by atoms with van der Waals surface area (Å²) in [6, 6.07) is 0. The fourth-order valence-corrected chi connectivity index (χ4v) is 11.4. The van der Waals surface area contributed by atoms with E-state index in [1.54, 1.807) is 0 Å². The van der Waals surface area contributed by atoms with Crippen LogP contribution in [0.15, 0.2) is 0 Å². The molecule has 3 heteroatoms. The molecule has 0 aromatic carbocycles. The van der Waals surface area contributed by atoms with Gasteiger partial charge in [0.15, 0.2) is 0 Å². The summed E-state index contributed by atoms with van der Waals surface area (Å²) in [5.41, 5.74) is 0. The quantitative estimate of drug-likeness (QED) is 0.552. The third kappa shape index (κ3) is 7.11. The van der Waals surface area contributed by atoms with Crippen molar-refractivity contribution in [2.24, 2.45) is 0 Å². The Bertz CT molecular complexity index is 136. The summed E-state index contributed by atoms with van der Waals surface area (Å²) in [4.78, 5) is 0. The molecule has 0 aliphatic heterocycles. The molecule has 95 valence electrons. The van der Waals surface area contributed by atoms with Crippen molar-refractivity contribution in [3.63, 3.8) is 0 Å². The molecule has 0 aliphatic rings. The number of halogens is 2. The van der Waals surface area contributed by atoms with Crippen LogP contribution in [0.3, 0.4) is 0 Å². The molecular formula is C12H27Cl2Cr. The van der Waals surface area contributed by atoms with Gasteiger partial charge in [0.25, 0.3) is 0 Å². The minimum Gasteiger partial charge on any atom is -1.00 e. The first-order chi connectivity index (χ1) is 5.37. The number of rotatable bonds is 0. The van der Waals surface area contributed by atoms with Gasteiger partial charge in [-0.1, -0.05) is 0 Å². The number of hydrogen-bond acceptors (Lipinski definition) is 0. The van der Waals surface area contributed by atoms with Crippen LogP contribution in [0.4, 0.5) is 0 Å². The Morgan fingerprint density at radius 1 is 0.467 bits per heavy atom. The van der Waals surface area contributed by atoms with E-state index >= 15 is 0 Å². The average Bonchev–Trinajstić information content (AvgIpc) is 1.44. The Kier molecular flexibility index (Phi) is 8.78. The molecule has 0 nitrogen and oxygen atoms in total. The SMILES string of the molecule is C[C](C)(C)[Cr+2]([C](C)(C)C)[C](C)(C)C.[Cl-].[Cl-]. The minimum absolute atomic E-state index is 0. The molecule has 0 saturated heterocycles. The van der Waals surface area contributed by atoms with Crippen LogP contribution in [-0.4, -0.2) is 0 Å². The van der Waals surface area contributed by atoms with Gasteiger partial charge in [0, 0.05) is 0 Å². The van der Waals surface area contributed by atoms with Crippen molar-refractivity contribution < 1.29 is 39.0 Å². The molecule has 0 aliphatic carbocycles. The van der Waals surface area contributed by atoms with E-state index in [0.717, 1.165) is 0 Å². The molecule has 0 saturated carbocycles. The predicted molar refractivity (Wildman–Crippen MR) is 59.1 cm³/mol. The molecule has 0 radical (unpaired) electrons. The molecule has 0 fully saturated rings. The summed E-state index contributed by atoms with van der Waals surface area (Å²) in [5, 5.41) is 0. The van der Waals surface area contributed by atoms with Gasteiger partial charge in [0.2, 0.25) is 0 Å². The smallest absolute Gasteiger partial charge is 1.00 e. The summed E-state index contributed by atoms with van der Waals surface area (Å²) in [6.07, 6.45) is 0. The standard InChI is InChI=1S/3C4H9.2ClH.Cr/c3*1-4(2)3;;;/h3*1-3H3;2*1H;/q;;;;;+2/p-2. The van der Waals surface area contributed by atoms with Crippen LogP contribution in [0.25, 0.3) is 0 Å². The van der Waals surface area contributed by atoms with Crippen LogP contribution in [0.5, 0.6) is 0 Å². The molecule has 0 atom stereocenters. The first-order valence-electron chi connectivity index (χ1n) is 5.11. The van der Waals surface area contributed by atoms with Gasteiger partial charge < -0.3 is 24.8 Å². The van der Waals surface area contributed by atoms with E-state index in [4.69, 9.17) is 0 Å². The summed E-state index contributed by atoms with van der Waals surface area (Å²) in [7, 11) is 0. The fraction of sp³-hybridized carbons (Fsp3) is 1.00. The molecule has 15 heavy (non-hydrogen) atoms. The molecular weight excluding hydrogens is 267 g/mol. The molecule has 0 heterocycles. The summed E-state index contributed by atoms with van der Waals surface area (Å²) >= 11 is -0.646. The van der Waals surface area contributed by atoms with Crippen LogP contribution in [0, 0.1) is 0 Å². The van der Waals surface area contributed by atoms with Gasteiger partial charge in [-0.15, -0.1) is 0 Å². The van der Waals surface area contributed by atoms with E-state index in [2.05, 4.69) is 62.3 Å². The van der Waals surface area contributed by atoms with Crippen molar-refractivity contribution >= 4 is 0 Å². The van der Waals surface area contributed by atoms with E-state index in [1.807, 2.05) is 0 Å². The fourth-order valence-electron chi connectivity index (χ4n) is 2.76. The van der Waals surface area contributed by atoms with Gasteiger partial charge in [-0.2, -0.15) is 0 Å². The number of hydrogen-bond donors (Lipinski definition) is 0. The Morgan fingerprint density at radius 2 is 0.600 bits per heavy atom. The second kappa shape index (κ2) is 6.16. The van der Waals surface area contributed by atoms with Crippen LogP contribution in [-0.2, 0) is 14.1 Å². The third-order valence-corrected chi connectivity index (χ3v) is 7.57. The van der Waals surface area contributed by atoms with Gasteiger partial charge in [0.05, 0.1) is 0 Å². The first kappa shape index (κ1) is 21.4. The monoisotopic (exact) mass is 293 g/mol. The topological polar surface area (TPSA) is 0 Å². The van der Waals surface area contributed by atoms with Gasteiger partial charge in [-0.25, -0.2) is 0 Å². The third-order valence-electron chi connectivity index (χ3n) is 1.84. The second-order valence-electron chi connectivity index (χ2n) is 6.64. The van der Waals surface area contributed by atoms with Gasteiger partial charge in [-0.3, -0.25) is 0 Å². The zero-order chi connectivity index (χ0) is 11.1. The average molecular weight is 294 g/mol. The van der Waals surface area contributed by atoms with Crippen LogP contribution in [0.2, 0.25) is 12.8 Å². The Balaban J connectivity index is -0.000000720. The predicted octanol–water partition coefficient (Wildman–Crippen LogP) is -0.732. The Hall–Kier alpha value is 1.11. The Labute approximate surface area is 114 Å². The summed E-state index contributed by atoms with van der Waals surface area (Å²) in [5.74, 6) is 0. The maximum Gasteiger partial charge on any atom is -1.00 e. The zero-order valence-electron chi connectivity index (χ0n) is 11.7. The largest absolute Gasteiger partial charge is 1.00 e. The maximum absolute atomic E-state index is 2.41. The Morgan fingerprint density at radius 3 is 0.600 bits per heavy atom. The normalized spacial score (nSPS) is 12.6. The first-order valence-corrected chi connectivity index (χ1v) is 7.02. The van der Waals surface area contributed by atoms with Crippen molar-refractivity contribution in [3.05, 3.63) is 0 Å². The molecule has 0 bridgehead atoms.